The van der Waals surface area contributed by atoms with E-state index in [0.717, 1.165) is 10.6 Å². The van der Waals surface area contributed by atoms with Gasteiger partial charge in [-0.3, -0.25) is 0 Å². The Morgan fingerprint density at radius 3 is 1.53 bits per heavy atom. The van der Waals surface area contributed by atoms with Crippen molar-refractivity contribution in [2.75, 3.05) is 13.3 Å². The number of hydrogen-bond donors (Lipinski definition) is 1. The second-order valence-electron chi connectivity index (χ2n) is 4.73. The van der Waals surface area contributed by atoms with Crippen LogP contribution in [-0.4, -0.2) is 13.3 Å². The molecule has 0 unspecified atom stereocenters. The van der Waals surface area contributed by atoms with E-state index in [9.17, 15) is 4.57 Å². The van der Waals surface area contributed by atoms with E-state index >= 15 is 0 Å². The molecule has 0 aliphatic rings. The molecule has 2 nitrogen and oxygen atoms in total. The predicted octanol–water partition coefficient (Wildman–Crippen LogP) is 3.16. The van der Waals surface area contributed by atoms with E-state index in [1.807, 2.05) is 60.7 Å². The Labute approximate surface area is 119 Å². The molecule has 0 heterocycles. The second kappa shape index (κ2) is 5.73. The fourth-order valence-electron chi connectivity index (χ4n) is 1.88. The summed E-state index contributed by atoms with van der Waals surface area (Å²) in [6.45, 7) is 3.44. The third-order valence-corrected chi connectivity index (χ3v) is 9.72. The quantitative estimate of drug-likeness (QED) is 0.880. The third-order valence-electron chi connectivity index (χ3n) is 2.62. The number of rotatable bonds is 4. The predicted molar refractivity (Wildman–Crippen MR) is 89.0 cm³/mol. The largest absolute Gasteiger partial charge is 0.307 e. The highest BCUT2D eigenvalue weighted by atomic mass is 32.4. The zero-order valence-electron chi connectivity index (χ0n) is 11.0. The number of benzene rings is 2. The van der Waals surface area contributed by atoms with Crippen molar-refractivity contribution in [1.29, 1.82) is 0 Å². The van der Waals surface area contributed by atoms with E-state index in [4.69, 9.17) is 11.8 Å². The van der Waals surface area contributed by atoms with Gasteiger partial charge in [0.1, 0.15) is 7.29 Å². The summed E-state index contributed by atoms with van der Waals surface area (Å²) in [4.78, 5) is 3.25. The highest BCUT2D eigenvalue weighted by molar-refractivity contribution is 8.22. The van der Waals surface area contributed by atoms with Crippen LogP contribution in [0.1, 0.15) is 0 Å². The first-order chi connectivity index (χ1) is 8.92. The molecule has 0 fully saturated rings. The molecule has 0 amide bonds. The lowest BCUT2D eigenvalue weighted by atomic mass is 10.4. The first-order valence-corrected chi connectivity index (χ1v) is 11.4. The van der Waals surface area contributed by atoms with Crippen molar-refractivity contribution >= 4 is 35.9 Å². The third kappa shape index (κ3) is 3.64. The molecular weight excluding hydrogens is 292 g/mol. The van der Waals surface area contributed by atoms with Crippen LogP contribution in [0.3, 0.4) is 0 Å². The first kappa shape index (κ1) is 14.7. The molecule has 1 N–H and O–H groups in total. The molecule has 0 saturated heterocycles. The fraction of sp³-hybridized carbons (Fsp3) is 0.143. The molecule has 5 heteroatoms. The standard InChI is InChI=1S/C14H17NOP2S/c1-17(2,16)15-18(19,13-9-5-3-6-10-13)14-11-7-4-8-12-14/h3-12H,1-2H3,(H,15,16,19). The maximum atomic E-state index is 12.2. The summed E-state index contributed by atoms with van der Waals surface area (Å²) in [5.41, 5.74) is 0. The lowest BCUT2D eigenvalue weighted by molar-refractivity contribution is 0.581. The summed E-state index contributed by atoms with van der Waals surface area (Å²) < 4.78 is 12.2. The fourth-order valence-corrected chi connectivity index (χ4v) is 9.50. The van der Waals surface area contributed by atoms with Crippen molar-refractivity contribution in [3.05, 3.63) is 60.7 Å². The maximum Gasteiger partial charge on any atom is 0.146 e. The Bertz CT molecular complexity index is 594. The lowest BCUT2D eigenvalue weighted by Crippen LogP contribution is -2.25. The van der Waals surface area contributed by atoms with Crippen LogP contribution >= 0.6 is 13.5 Å². The van der Waals surface area contributed by atoms with E-state index in [-0.39, 0.29) is 0 Å². The SMILES string of the molecule is CP(C)(=O)NP(=S)(c1ccccc1)c1ccccc1. The van der Waals surface area contributed by atoms with E-state index < -0.39 is 13.5 Å². The maximum absolute atomic E-state index is 12.2. The average molecular weight is 309 g/mol. The molecule has 0 bridgehead atoms. The van der Waals surface area contributed by atoms with Crippen LogP contribution in [0.4, 0.5) is 0 Å². The zero-order chi connectivity index (χ0) is 13.9. The van der Waals surface area contributed by atoms with Gasteiger partial charge >= 0.3 is 0 Å². The van der Waals surface area contributed by atoms with Gasteiger partial charge in [-0.25, -0.2) is 4.86 Å². The van der Waals surface area contributed by atoms with Gasteiger partial charge in [-0.15, -0.1) is 0 Å². The summed E-state index contributed by atoms with van der Waals surface area (Å²) in [5, 5.41) is 2.08. The summed E-state index contributed by atoms with van der Waals surface area (Å²) in [7, 11) is -2.42. The Morgan fingerprint density at radius 2 is 1.21 bits per heavy atom. The second-order valence-corrected chi connectivity index (χ2v) is 12.1. The average Bonchev–Trinajstić information content (AvgIpc) is 2.39. The minimum atomic E-state index is -2.42. The molecule has 0 saturated carbocycles. The smallest absolute Gasteiger partial charge is 0.146 e. The minimum Gasteiger partial charge on any atom is -0.307 e. The lowest BCUT2D eigenvalue weighted by Gasteiger charge is -2.26. The summed E-state index contributed by atoms with van der Waals surface area (Å²) >= 11 is 5.91. The minimum absolute atomic E-state index is 1.04. The molecule has 0 aromatic heterocycles. The van der Waals surface area contributed by atoms with Crippen molar-refractivity contribution in [1.82, 2.24) is 4.86 Å². The van der Waals surface area contributed by atoms with Crippen LogP contribution in [0, 0.1) is 0 Å². The van der Waals surface area contributed by atoms with Crippen molar-refractivity contribution in [3.8, 4) is 0 Å². The Kier molecular flexibility index (Phi) is 4.43. The molecule has 0 radical (unpaired) electrons. The van der Waals surface area contributed by atoms with Crippen molar-refractivity contribution in [3.63, 3.8) is 0 Å². The molecule has 2 aromatic rings. The van der Waals surface area contributed by atoms with Crippen molar-refractivity contribution in [2.24, 2.45) is 0 Å². The van der Waals surface area contributed by atoms with Gasteiger partial charge in [0.25, 0.3) is 0 Å². The summed E-state index contributed by atoms with van der Waals surface area (Å²) in [6, 6.07) is 19.8. The van der Waals surface area contributed by atoms with Crippen molar-refractivity contribution in [2.45, 2.75) is 0 Å². The van der Waals surface area contributed by atoms with Gasteiger partial charge in [0.05, 0.1) is 6.19 Å². The molecular formula is C14H17NOP2S. The monoisotopic (exact) mass is 309 g/mol. The normalized spacial score (nSPS) is 12.3. The van der Waals surface area contributed by atoms with Crippen molar-refractivity contribution < 1.29 is 4.57 Å². The van der Waals surface area contributed by atoms with Crippen LogP contribution in [-0.2, 0) is 16.4 Å². The number of hydrogen-bond acceptors (Lipinski definition) is 2. The van der Waals surface area contributed by atoms with Gasteiger partial charge in [0, 0.05) is 23.9 Å². The molecule has 0 atom stereocenters. The van der Waals surface area contributed by atoms with E-state index in [0.29, 0.717) is 0 Å². The van der Waals surface area contributed by atoms with Gasteiger partial charge in [0.15, 0.2) is 0 Å². The Hall–Kier alpha value is -0.720. The molecule has 0 spiro atoms. The van der Waals surface area contributed by atoms with Crippen LogP contribution in [0.2, 0.25) is 0 Å². The summed E-state index contributed by atoms with van der Waals surface area (Å²) in [5.74, 6) is 0. The zero-order valence-corrected chi connectivity index (χ0v) is 13.6. The Balaban J connectivity index is 2.58. The van der Waals surface area contributed by atoms with Gasteiger partial charge in [0.2, 0.25) is 0 Å². The van der Waals surface area contributed by atoms with Crippen LogP contribution in [0.15, 0.2) is 60.7 Å². The Morgan fingerprint density at radius 1 is 0.842 bits per heavy atom. The van der Waals surface area contributed by atoms with E-state index in [1.54, 1.807) is 13.3 Å². The first-order valence-electron chi connectivity index (χ1n) is 5.98. The van der Waals surface area contributed by atoms with E-state index in [2.05, 4.69) is 4.86 Å². The van der Waals surface area contributed by atoms with Crippen LogP contribution in [0.5, 0.6) is 0 Å². The highest BCUT2D eigenvalue weighted by Gasteiger charge is 2.26. The highest BCUT2D eigenvalue weighted by Crippen LogP contribution is 2.49. The van der Waals surface area contributed by atoms with Gasteiger partial charge in [-0.2, -0.15) is 0 Å². The van der Waals surface area contributed by atoms with Crippen LogP contribution < -0.4 is 15.5 Å². The van der Waals surface area contributed by atoms with Gasteiger partial charge < -0.3 is 4.57 Å². The number of nitrogens with one attached hydrogen (secondary N) is 1. The van der Waals surface area contributed by atoms with Crippen LogP contribution in [0.25, 0.3) is 0 Å². The van der Waals surface area contributed by atoms with Gasteiger partial charge in [-0.05, 0) is 0 Å². The molecule has 2 rings (SSSR count). The van der Waals surface area contributed by atoms with E-state index in [1.165, 1.54) is 0 Å². The molecule has 19 heavy (non-hydrogen) atoms. The molecule has 0 aliphatic heterocycles. The molecule has 0 aliphatic carbocycles. The summed E-state index contributed by atoms with van der Waals surface area (Å²) in [6.07, 6.45) is -2.23. The van der Waals surface area contributed by atoms with Gasteiger partial charge in [-0.1, -0.05) is 72.5 Å². The molecule has 2 aromatic carbocycles. The topological polar surface area (TPSA) is 29.1 Å². The molecule has 100 valence electrons.